The van der Waals surface area contributed by atoms with Crippen LogP contribution in [0.15, 0.2) is 47.4 Å². The van der Waals surface area contributed by atoms with E-state index in [1.54, 1.807) is 37.4 Å². The molecule has 0 bridgehead atoms. The van der Waals surface area contributed by atoms with Crippen molar-refractivity contribution < 1.29 is 17.9 Å². The van der Waals surface area contributed by atoms with Crippen molar-refractivity contribution in [2.45, 2.75) is 37.6 Å². The van der Waals surface area contributed by atoms with Crippen LogP contribution in [0.2, 0.25) is 5.02 Å². The molecule has 6 nitrogen and oxygen atoms in total. The lowest BCUT2D eigenvalue weighted by atomic mass is 9.96. The second-order valence-corrected chi connectivity index (χ2v) is 9.97. The van der Waals surface area contributed by atoms with Crippen LogP contribution >= 0.6 is 11.6 Å². The molecule has 1 N–H and O–H groups in total. The molecule has 1 saturated heterocycles. The molecule has 1 fully saturated rings. The van der Waals surface area contributed by atoms with Gasteiger partial charge in [0.05, 0.1) is 18.0 Å². The molecule has 30 heavy (non-hydrogen) atoms. The van der Waals surface area contributed by atoms with Crippen molar-refractivity contribution >= 4 is 27.5 Å². The number of sulfonamides is 1. The number of aryl methyl sites for hydroxylation is 1. The van der Waals surface area contributed by atoms with Gasteiger partial charge in [-0.05, 0) is 68.1 Å². The fourth-order valence-corrected chi connectivity index (χ4v) is 5.37. The third-order valence-corrected chi connectivity index (χ3v) is 7.70. The Morgan fingerprint density at radius 2 is 1.80 bits per heavy atom. The molecule has 1 unspecified atom stereocenters. The van der Waals surface area contributed by atoms with Crippen molar-refractivity contribution in [3.63, 3.8) is 0 Å². The molecule has 162 valence electrons. The second kappa shape index (κ2) is 9.37. The molecule has 1 aliphatic rings. The van der Waals surface area contributed by atoms with E-state index in [1.807, 2.05) is 26.0 Å². The number of carbonyl (C=O) groups is 1. The molecule has 1 heterocycles. The van der Waals surface area contributed by atoms with Gasteiger partial charge in [0, 0.05) is 24.0 Å². The fraction of sp³-hybridized carbons (Fsp3) is 0.409. The molecule has 0 aliphatic carbocycles. The lowest BCUT2D eigenvalue weighted by molar-refractivity contribution is -0.126. The minimum Gasteiger partial charge on any atom is -0.496 e. The van der Waals surface area contributed by atoms with Gasteiger partial charge in [-0.25, -0.2) is 8.42 Å². The van der Waals surface area contributed by atoms with E-state index in [9.17, 15) is 13.2 Å². The summed E-state index contributed by atoms with van der Waals surface area (Å²) < 4.78 is 32.6. The highest BCUT2D eigenvalue weighted by Gasteiger charge is 2.32. The van der Waals surface area contributed by atoms with Crippen LogP contribution in [0.25, 0.3) is 0 Å². The number of methoxy groups -OCH3 is 1. The molecule has 2 aromatic carbocycles. The zero-order valence-electron chi connectivity index (χ0n) is 17.4. The number of hydrogen-bond donors (Lipinski definition) is 1. The smallest absolute Gasteiger partial charge is 0.243 e. The predicted molar refractivity (Wildman–Crippen MR) is 117 cm³/mol. The number of nitrogens with one attached hydrogen (secondary N) is 1. The topological polar surface area (TPSA) is 75.7 Å². The van der Waals surface area contributed by atoms with Crippen molar-refractivity contribution in [3.8, 4) is 5.75 Å². The number of hydrogen-bond acceptors (Lipinski definition) is 4. The highest BCUT2D eigenvalue weighted by atomic mass is 35.5. The average molecular weight is 451 g/mol. The number of nitrogens with zero attached hydrogens (tertiary/aromatic N) is 1. The SMILES string of the molecule is COc1ccc(S(=O)(=O)N2CCC(C(=O)NC(C)c3ccc(Cl)cc3)CC2)cc1C. The van der Waals surface area contributed by atoms with Gasteiger partial charge in [-0.1, -0.05) is 23.7 Å². The summed E-state index contributed by atoms with van der Waals surface area (Å²) in [5.74, 6) is 0.401. The summed E-state index contributed by atoms with van der Waals surface area (Å²) in [6, 6.07) is 12.1. The molecule has 0 saturated carbocycles. The molecule has 3 rings (SSSR count). The van der Waals surface area contributed by atoms with Gasteiger partial charge in [0.1, 0.15) is 5.75 Å². The summed E-state index contributed by atoms with van der Waals surface area (Å²) >= 11 is 5.91. The van der Waals surface area contributed by atoms with Crippen LogP contribution in [0.4, 0.5) is 0 Å². The molecule has 1 aliphatic heterocycles. The highest BCUT2D eigenvalue weighted by Crippen LogP contribution is 2.27. The van der Waals surface area contributed by atoms with Crippen molar-refractivity contribution in [1.82, 2.24) is 9.62 Å². The maximum Gasteiger partial charge on any atom is 0.243 e. The summed E-state index contributed by atoms with van der Waals surface area (Å²) in [6.45, 7) is 4.38. The fourth-order valence-electron chi connectivity index (χ4n) is 3.68. The first-order valence-electron chi connectivity index (χ1n) is 9.93. The van der Waals surface area contributed by atoms with Crippen LogP contribution in [-0.2, 0) is 14.8 Å². The summed E-state index contributed by atoms with van der Waals surface area (Å²) in [7, 11) is -2.04. The van der Waals surface area contributed by atoms with Crippen molar-refractivity contribution in [2.24, 2.45) is 5.92 Å². The van der Waals surface area contributed by atoms with Crippen molar-refractivity contribution in [2.75, 3.05) is 20.2 Å². The summed E-state index contributed by atoms with van der Waals surface area (Å²) in [5, 5.41) is 3.68. The quantitative estimate of drug-likeness (QED) is 0.723. The van der Waals surface area contributed by atoms with E-state index in [-0.39, 0.29) is 22.8 Å². The van der Waals surface area contributed by atoms with E-state index in [4.69, 9.17) is 16.3 Å². The number of carbonyl (C=O) groups excluding carboxylic acids is 1. The Morgan fingerprint density at radius 1 is 1.17 bits per heavy atom. The molecule has 0 radical (unpaired) electrons. The third-order valence-electron chi connectivity index (χ3n) is 5.56. The van der Waals surface area contributed by atoms with Crippen LogP contribution in [0.3, 0.4) is 0 Å². The number of rotatable bonds is 6. The first-order chi connectivity index (χ1) is 14.2. The molecule has 0 spiro atoms. The molecular formula is C22H27ClN2O4S. The summed E-state index contributed by atoms with van der Waals surface area (Å²) in [4.78, 5) is 12.9. The van der Waals surface area contributed by atoms with E-state index in [1.165, 1.54) is 4.31 Å². The van der Waals surface area contributed by atoms with Gasteiger partial charge in [-0.3, -0.25) is 4.79 Å². The normalized spacial score (nSPS) is 16.8. The van der Waals surface area contributed by atoms with Gasteiger partial charge < -0.3 is 10.1 Å². The maximum atomic E-state index is 13.0. The lowest BCUT2D eigenvalue weighted by Crippen LogP contribution is -2.43. The Balaban J connectivity index is 1.60. The third kappa shape index (κ3) is 4.96. The van der Waals surface area contributed by atoms with Crippen LogP contribution in [0.1, 0.15) is 36.9 Å². The maximum absolute atomic E-state index is 13.0. The van der Waals surface area contributed by atoms with Gasteiger partial charge >= 0.3 is 0 Å². The molecule has 2 aromatic rings. The van der Waals surface area contributed by atoms with Gasteiger partial charge in [0.25, 0.3) is 0 Å². The zero-order valence-corrected chi connectivity index (χ0v) is 19.0. The first-order valence-corrected chi connectivity index (χ1v) is 11.7. The van der Waals surface area contributed by atoms with Crippen LogP contribution < -0.4 is 10.1 Å². The van der Waals surface area contributed by atoms with Crippen LogP contribution in [0, 0.1) is 12.8 Å². The van der Waals surface area contributed by atoms with Gasteiger partial charge in [0.15, 0.2) is 0 Å². The average Bonchev–Trinajstić information content (AvgIpc) is 2.74. The molecule has 8 heteroatoms. The Labute approximate surface area is 183 Å². The second-order valence-electron chi connectivity index (χ2n) is 7.59. The molecule has 0 aromatic heterocycles. The van der Waals surface area contributed by atoms with E-state index < -0.39 is 10.0 Å². The highest BCUT2D eigenvalue weighted by molar-refractivity contribution is 7.89. The van der Waals surface area contributed by atoms with E-state index in [2.05, 4.69) is 5.32 Å². The Kier molecular flexibility index (Phi) is 7.06. The minimum atomic E-state index is -3.60. The van der Waals surface area contributed by atoms with Crippen LogP contribution in [0.5, 0.6) is 5.75 Å². The molecule has 1 atom stereocenters. The Morgan fingerprint density at radius 3 is 2.37 bits per heavy atom. The van der Waals surface area contributed by atoms with Crippen molar-refractivity contribution in [3.05, 3.63) is 58.6 Å². The predicted octanol–water partition coefficient (Wildman–Crippen LogP) is 3.94. The molecular weight excluding hydrogens is 424 g/mol. The van der Waals surface area contributed by atoms with E-state index in [0.29, 0.717) is 36.7 Å². The van der Waals surface area contributed by atoms with Crippen molar-refractivity contribution in [1.29, 1.82) is 0 Å². The van der Waals surface area contributed by atoms with Gasteiger partial charge in [-0.15, -0.1) is 0 Å². The number of halogens is 1. The number of ether oxygens (including phenoxy) is 1. The standard InChI is InChI=1S/C22H27ClN2O4S/c1-15-14-20(8-9-21(15)29-3)30(27,28)25-12-10-18(11-13-25)22(26)24-16(2)17-4-6-19(23)7-5-17/h4-9,14,16,18H,10-13H2,1-3H3,(H,24,26). The zero-order chi connectivity index (χ0) is 21.9. The van der Waals surface area contributed by atoms with E-state index in [0.717, 1.165) is 11.1 Å². The Bertz CT molecular complexity index is 1000. The number of amides is 1. The monoisotopic (exact) mass is 450 g/mol. The number of benzene rings is 2. The summed E-state index contributed by atoms with van der Waals surface area (Å²) in [6.07, 6.45) is 0.987. The summed E-state index contributed by atoms with van der Waals surface area (Å²) in [5.41, 5.74) is 1.74. The number of piperidine rings is 1. The van der Waals surface area contributed by atoms with Gasteiger partial charge in [0.2, 0.25) is 15.9 Å². The Hall–Kier alpha value is -2.09. The van der Waals surface area contributed by atoms with Gasteiger partial charge in [-0.2, -0.15) is 4.31 Å². The molecule has 1 amide bonds. The van der Waals surface area contributed by atoms with E-state index >= 15 is 0 Å². The van der Waals surface area contributed by atoms with Crippen LogP contribution in [-0.4, -0.2) is 38.8 Å². The lowest BCUT2D eigenvalue weighted by Gasteiger charge is -2.31. The first kappa shape index (κ1) is 22.6. The minimum absolute atomic E-state index is 0.0465. The largest absolute Gasteiger partial charge is 0.496 e.